The molecule has 104 valence electrons. The highest BCUT2D eigenvalue weighted by Crippen LogP contribution is 2.25. The van der Waals surface area contributed by atoms with E-state index in [4.69, 9.17) is 5.73 Å². The SMILES string of the molecule is CC(N)Cc1ccc(NC(=O)C2CCCCC2)cc1. The molecule has 3 nitrogen and oxygen atoms in total. The van der Waals surface area contributed by atoms with Crippen molar-refractivity contribution in [1.82, 2.24) is 0 Å². The zero-order chi connectivity index (χ0) is 13.7. The highest BCUT2D eigenvalue weighted by Gasteiger charge is 2.20. The van der Waals surface area contributed by atoms with E-state index in [-0.39, 0.29) is 17.9 Å². The van der Waals surface area contributed by atoms with Gasteiger partial charge in [0.05, 0.1) is 0 Å². The lowest BCUT2D eigenvalue weighted by Gasteiger charge is -2.20. The van der Waals surface area contributed by atoms with Crippen molar-refractivity contribution >= 4 is 11.6 Å². The van der Waals surface area contributed by atoms with Gasteiger partial charge in [0, 0.05) is 17.6 Å². The number of hydrogen-bond donors (Lipinski definition) is 2. The molecule has 1 aliphatic carbocycles. The van der Waals surface area contributed by atoms with Crippen molar-refractivity contribution < 1.29 is 4.79 Å². The van der Waals surface area contributed by atoms with Gasteiger partial charge >= 0.3 is 0 Å². The molecule has 3 N–H and O–H groups in total. The van der Waals surface area contributed by atoms with E-state index in [9.17, 15) is 4.79 Å². The van der Waals surface area contributed by atoms with Gasteiger partial charge in [0.25, 0.3) is 0 Å². The third kappa shape index (κ3) is 4.35. The van der Waals surface area contributed by atoms with E-state index >= 15 is 0 Å². The first-order chi connectivity index (χ1) is 9.15. The molecule has 2 rings (SSSR count). The molecule has 1 amide bonds. The van der Waals surface area contributed by atoms with Crippen molar-refractivity contribution in [3.05, 3.63) is 29.8 Å². The maximum Gasteiger partial charge on any atom is 0.227 e. The number of hydrogen-bond acceptors (Lipinski definition) is 2. The summed E-state index contributed by atoms with van der Waals surface area (Å²) in [6.07, 6.45) is 6.59. The Morgan fingerprint density at radius 3 is 2.47 bits per heavy atom. The number of nitrogens with one attached hydrogen (secondary N) is 1. The molecule has 1 aromatic carbocycles. The van der Waals surface area contributed by atoms with E-state index in [2.05, 4.69) is 5.32 Å². The first-order valence-electron chi connectivity index (χ1n) is 7.30. The van der Waals surface area contributed by atoms with Crippen LogP contribution in [0.15, 0.2) is 24.3 Å². The summed E-state index contributed by atoms with van der Waals surface area (Å²) < 4.78 is 0. The molecule has 1 unspecified atom stereocenters. The Bertz CT molecular complexity index is 405. The minimum absolute atomic E-state index is 0.169. The normalized spacial score (nSPS) is 18.0. The summed E-state index contributed by atoms with van der Waals surface area (Å²) in [6.45, 7) is 2.00. The number of anilines is 1. The summed E-state index contributed by atoms with van der Waals surface area (Å²) in [5.41, 5.74) is 7.88. The molecule has 1 atom stereocenters. The number of carbonyl (C=O) groups is 1. The molecule has 0 aliphatic heterocycles. The topological polar surface area (TPSA) is 55.1 Å². The second-order valence-corrected chi connectivity index (χ2v) is 5.70. The second-order valence-electron chi connectivity index (χ2n) is 5.70. The second kappa shape index (κ2) is 6.71. The van der Waals surface area contributed by atoms with Crippen LogP contribution in [0.1, 0.15) is 44.6 Å². The predicted octanol–water partition coefficient (Wildman–Crippen LogP) is 3.10. The molecular formula is C16H24N2O. The lowest BCUT2D eigenvalue weighted by molar-refractivity contribution is -0.120. The van der Waals surface area contributed by atoms with Crippen LogP contribution in [0, 0.1) is 5.92 Å². The third-order valence-corrected chi connectivity index (χ3v) is 3.76. The van der Waals surface area contributed by atoms with Crippen LogP contribution in [-0.4, -0.2) is 11.9 Å². The summed E-state index contributed by atoms with van der Waals surface area (Å²) in [5.74, 6) is 0.386. The highest BCUT2D eigenvalue weighted by atomic mass is 16.1. The molecule has 0 spiro atoms. The minimum Gasteiger partial charge on any atom is -0.328 e. The maximum absolute atomic E-state index is 12.1. The first kappa shape index (κ1) is 14.1. The standard InChI is InChI=1S/C16H24N2O/c1-12(17)11-13-7-9-15(10-8-13)18-16(19)14-5-3-2-4-6-14/h7-10,12,14H,2-6,11,17H2,1H3,(H,18,19). The number of amides is 1. The van der Waals surface area contributed by atoms with E-state index < -0.39 is 0 Å². The van der Waals surface area contributed by atoms with Crippen LogP contribution >= 0.6 is 0 Å². The Morgan fingerprint density at radius 2 is 1.89 bits per heavy atom. The van der Waals surface area contributed by atoms with Gasteiger partial charge in [-0.2, -0.15) is 0 Å². The van der Waals surface area contributed by atoms with Crippen molar-refractivity contribution in [2.45, 2.75) is 51.5 Å². The van der Waals surface area contributed by atoms with E-state index in [0.29, 0.717) is 0 Å². The summed E-state index contributed by atoms with van der Waals surface area (Å²) in [5, 5.41) is 3.02. The molecule has 0 radical (unpaired) electrons. The van der Waals surface area contributed by atoms with Gasteiger partial charge in [0.15, 0.2) is 0 Å². The van der Waals surface area contributed by atoms with Gasteiger partial charge in [-0.15, -0.1) is 0 Å². The molecule has 0 aromatic heterocycles. The van der Waals surface area contributed by atoms with Crippen LogP contribution in [0.5, 0.6) is 0 Å². The van der Waals surface area contributed by atoms with E-state index in [1.165, 1.54) is 24.8 Å². The van der Waals surface area contributed by atoms with Crippen LogP contribution in [0.3, 0.4) is 0 Å². The van der Waals surface area contributed by atoms with E-state index in [1.807, 2.05) is 31.2 Å². The smallest absolute Gasteiger partial charge is 0.227 e. The van der Waals surface area contributed by atoms with Crippen molar-refractivity contribution in [3.63, 3.8) is 0 Å². The van der Waals surface area contributed by atoms with Gasteiger partial charge < -0.3 is 11.1 Å². The lowest BCUT2D eigenvalue weighted by atomic mass is 9.88. The Hall–Kier alpha value is -1.35. The van der Waals surface area contributed by atoms with Gasteiger partial charge in [-0.05, 0) is 43.9 Å². The Kier molecular flexibility index (Phi) is 4.97. The molecular weight excluding hydrogens is 236 g/mol. The quantitative estimate of drug-likeness (QED) is 0.874. The largest absolute Gasteiger partial charge is 0.328 e. The van der Waals surface area contributed by atoms with Crippen LogP contribution in [0.4, 0.5) is 5.69 Å². The summed E-state index contributed by atoms with van der Waals surface area (Å²) in [7, 11) is 0. The van der Waals surface area contributed by atoms with E-state index in [1.54, 1.807) is 0 Å². The summed E-state index contributed by atoms with van der Waals surface area (Å²) in [6, 6.07) is 8.19. The number of carbonyl (C=O) groups excluding carboxylic acids is 1. The molecule has 1 aromatic rings. The fourth-order valence-electron chi connectivity index (χ4n) is 2.71. The predicted molar refractivity (Wildman–Crippen MR) is 79.0 cm³/mol. The molecule has 1 aliphatic rings. The van der Waals surface area contributed by atoms with E-state index in [0.717, 1.165) is 24.9 Å². The summed E-state index contributed by atoms with van der Waals surface area (Å²) >= 11 is 0. The Morgan fingerprint density at radius 1 is 1.26 bits per heavy atom. The molecule has 1 saturated carbocycles. The number of nitrogens with two attached hydrogens (primary N) is 1. The average Bonchev–Trinajstić information content (AvgIpc) is 2.41. The Balaban J connectivity index is 1.89. The van der Waals surface area contributed by atoms with Gasteiger partial charge in [0.2, 0.25) is 5.91 Å². The third-order valence-electron chi connectivity index (χ3n) is 3.76. The van der Waals surface area contributed by atoms with Crippen LogP contribution in [-0.2, 0) is 11.2 Å². The molecule has 1 fully saturated rings. The van der Waals surface area contributed by atoms with Crippen LogP contribution in [0.2, 0.25) is 0 Å². The molecule has 0 saturated heterocycles. The van der Waals surface area contributed by atoms with Crippen molar-refractivity contribution in [1.29, 1.82) is 0 Å². The Labute approximate surface area is 115 Å². The van der Waals surface area contributed by atoms with Crippen molar-refractivity contribution in [2.24, 2.45) is 11.7 Å². The van der Waals surface area contributed by atoms with Crippen molar-refractivity contribution in [3.8, 4) is 0 Å². The zero-order valence-electron chi connectivity index (χ0n) is 11.7. The monoisotopic (exact) mass is 260 g/mol. The fourth-order valence-corrected chi connectivity index (χ4v) is 2.71. The first-order valence-corrected chi connectivity index (χ1v) is 7.30. The average molecular weight is 260 g/mol. The number of rotatable bonds is 4. The van der Waals surface area contributed by atoms with Gasteiger partial charge in [-0.3, -0.25) is 4.79 Å². The molecule has 0 heterocycles. The van der Waals surface area contributed by atoms with Crippen LogP contribution < -0.4 is 11.1 Å². The molecule has 19 heavy (non-hydrogen) atoms. The van der Waals surface area contributed by atoms with Crippen LogP contribution in [0.25, 0.3) is 0 Å². The lowest BCUT2D eigenvalue weighted by Crippen LogP contribution is -2.24. The highest BCUT2D eigenvalue weighted by molar-refractivity contribution is 5.92. The maximum atomic E-state index is 12.1. The zero-order valence-corrected chi connectivity index (χ0v) is 11.7. The van der Waals surface area contributed by atoms with Gasteiger partial charge in [0.1, 0.15) is 0 Å². The van der Waals surface area contributed by atoms with Gasteiger partial charge in [-0.25, -0.2) is 0 Å². The molecule has 0 bridgehead atoms. The van der Waals surface area contributed by atoms with Gasteiger partial charge in [-0.1, -0.05) is 31.4 Å². The van der Waals surface area contributed by atoms with Crippen molar-refractivity contribution in [2.75, 3.05) is 5.32 Å². The number of benzene rings is 1. The molecule has 3 heteroatoms. The minimum atomic E-state index is 0.169. The summed E-state index contributed by atoms with van der Waals surface area (Å²) in [4.78, 5) is 12.1. The fraction of sp³-hybridized carbons (Fsp3) is 0.562.